The molecule has 2 aliphatic rings. The van der Waals surface area contributed by atoms with Crippen LogP contribution in [0, 0.1) is 6.92 Å². The van der Waals surface area contributed by atoms with Crippen LogP contribution in [0.5, 0.6) is 0 Å². The fourth-order valence-corrected chi connectivity index (χ4v) is 4.39. The van der Waals surface area contributed by atoms with E-state index >= 15 is 0 Å². The molecule has 1 N–H and O–H groups in total. The number of nitrogens with zero attached hydrogens (tertiary/aromatic N) is 3. The number of nitrogens with one attached hydrogen (secondary N) is 1. The van der Waals surface area contributed by atoms with Gasteiger partial charge in [0.05, 0.1) is 27.4 Å². The summed E-state index contributed by atoms with van der Waals surface area (Å²) in [7, 11) is -0.604. The maximum Gasteiger partial charge on any atom is 0.516 e. The minimum atomic E-state index is -0.604. The Balaban J connectivity index is 1.63. The molecule has 2 fully saturated rings. The highest BCUT2D eigenvalue weighted by molar-refractivity contribution is 6.54. The standard InChI is InChI=1S/C25H36BClN4O3/c1-17-10-9-11-19(27)21(17)22(32)30-25(7)12-14-31(15-13-25)18(2)29-16-20(28-8)26-33-23(3,4)24(5,6)34-26/h9-11,16H,8,12-15H2,1-7H3,(H,30,32)/b20-16-,29-18+. The summed E-state index contributed by atoms with van der Waals surface area (Å²) < 4.78 is 12.1. The molecule has 2 aliphatic heterocycles. The minimum Gasteiger partial charge on any atom is -0.398 e. The van der Waals surface area contributed by atoms with E-state index in [-0.39, 0.29) is 11.4 Å². The number of amidine groups is 1. The highest BCUT2D eigenvalue weighted by atomic mass is 35.5. The molecule has 184 valence electrons. The van der Waals surface area contributed by atoms with Gasteiger partial charge in [0.15, 0.2) is 0 Å². The first kappa shape index (κ1) is 26.4. The van der Waals surface area contributed by atoms with Crippen molar-refractivity contribution in [1.29, 1.82) is 0 Å². The van der Waals surface area contributed by atoms with Crippen LogP contribution in [0.25, 0.3) is 0 Å². The second-order valence-electron chi connectivity index (χ2n) is 10.4. The molecule has 34 heavy (non-hydrogen) atoms. The Bertz CT molecular complexity index is 977. The number of hydrogen-bond acceptors (Lipinski definition) is 5. The van der Waals surface area contributed by atoms with Gasteiger partial charge in [-0.25, -0.2) is 4.99 Å². The monoisotopic (exact) mass is 486 g/mol. The number of aliphatic imine (C=N–C) groups is 2. The number of halogens is 1. The zero-order valence-corrected chi connectivity index (χ0v) is 22.1. The molecule has 1 aromatic rings. The number of aryl methyl sites for hydroxylation is 1. The SMILES string of the molecule is C=N/C(=C\N=C(/C)N1CCC(C)(NC(=O)c2c(C)cccc2Cl)CC1)B1OC(C)(C)C(C)(C)O1. The molecule has 0 atom stereocenters. The Morgan fingerprint density at radius 2 is 1.76 bits per heavy atom. The van der Waals surface area contributed by atoms with Crippen molar-refractivity contribution in [2.24, 2.45) is 9.98 Å². The number of carbonyl (C=O) groups excluding carboxylic acids is 1. The summed E-state index contributed by atoms with van der Waals surface area (Å²) in [6, 6.07) is 5.50. The topological polar surface area (TPSA) is 75.5 Å². The van der Waals surface area contributed by atoms with Gasteiger partial charge >= 0.3 is 7.12 Å². The fourth-order valence-electron chi connectivity index (χ4n) is 4.09. The van der Waals surface area contributed by atoms with Crippen LogP contribution < -0.4 is 5.32 Å². The molecule has 0 aromatic heterocycles. The molecule has 1 aromatic carbocycles. The van der Waals surface area contributed by atoms with Crippen LogP contribution in [0.2, 0.25) is 5.02 Å². The molecule has 0 unspecified atom stereocenters. The highest BCUT2D eigenvalue weighted by Gasteiger charge is 2.52. The normalized spacial score (nSPS) is 22.0. The fraction of sp³-hybridized carbons (Fsp3) is 0.560. The summed E-state index contributed by atoms with van der Waals surface area (Å²) in [5.41, 5.74) is 0.736. The van der Waals surface area contributed by atoms with Gasteiger partial charge in [0, 0.05) is 24.8 Å². The van der Waals surface area contributed by atoms with E-state index in [1.165, 1.54) is 0 Å². The molecule has 7 nitrogen and oxygen atoms in total. The Kier molecular flexibility index (Phi) is 7.65. The van der Waals surface area contributed by atoms with E-state index in [4.69, 9.17) is 20.9 Å². The van der Waals surface area contributed by atoms with Gasteiger partial charge in [-0.15, -0.1) is 0 Å². The lowest BCUT2D eigenvalue weighted by atomic mass is 9.85. The van der Waals surface area contributed by atoms with Gasteiger partial charge in [-0.05, 0) is 79.7 Å². The number of likely N-dealkylation sites (tertiary alicyclic amines) is 1. The van der Waals surface area contributed by atoms with Gasteiger partial charge in [-0.3, -0.25) is 9.79 Å². The number of piperidine rings is 1. The van der Waals surface area contributed by atoms with Crippen LogP contribution >= 0.6 is 11.6 Å². The van der Waals surface area contributed by atoms with Crippen molar-refractivity contribution in [1.82, 2.24) is 10.2 Å². The second kappa shape index (κ2) is 9.84. The first-order valence-electron chi connectivity index (χ1n) is 11.7. The van der Waals surface area contributed by atoms with Crippen molar-refractivity contribution in [2.45, 2.75) is 78.0 Å². The van der Waals surface area contributed by atoms with Crippen LogP contribution in [-0.2, 0) is 9.31 Å². The Hall–Kier alpha value is -2.16. The first-order valence-corrected chi connectivity index (χ1v) is 12.1. The van der Waals surface area contributed by atoms with Crippen LogP contribution in [0.1, 0.15) is 70.3 Å². The van der Waals surface area contributed by atoms with E-state index in [2.05, 4.69) is 33.8 Å². The van der Waals surface area contributed by atoms with Crippen molar-refractivity contribution < 1.29 is 14.1 Å². The maximum atomic E-state index is 12.9. The van der Waals surface area contributed by atoms with Gasteiger partial charge in [0.2, 0.25) is 0 Å². The summed E-state index contributed by atoms with van der Waals surface area (Å²) in [4.78, 5) is 23.8. The Morgan fingerprint density at radius 3 is 2.29 bits per heavy atom. The summed E-state index contributed by atoms with van der Waals surface area (Å²) in [5.74, 6) is 0.740. The Morgan fingerprint density at radius 1 is 1.18 bits per heavy atom. The third kappa shape index (κ3) is 5.56. The molecule has 2 heterocycles. The molecular weight excluding hydrogens is 451 g/mol. The molecule has 1 amide bonds. The zero-order chi connectivity index (χ0) is 25.3. The average Bonchev–Trinajstić information content (AvgIpc) is 2.95. The smallest absolute Gasteiger partial charge is 0.398 e. The predicted molar refractivity (Wildman–Crippen MR) is 140 cm³/mol. The lowest BCUT2D eigenvalue weighted by molar-refractivity contribution is 0.00578. The summed E-state index contributed by atoms with van der Waals surface area (Å²) in [6.45, 7) is 19.2. The van der Waals surface area contributed by atoms with E-state index in [1.807, 2.05) is 53.7 Å². The first-order chi connectivity index (χ1) is 15.8. The zero-order valence-electron chi connectivity index (χ0n) is 21.4. The molecule has 0 radical (unpaired) electrons. The van der Waals surface area contributed by atoms with E-state index in [0.717, 1.165) is 37.3 Å². The van der Waals surface area contributed by atoms with Crippen molar-refractivity contribution in [2.75, 3.05) is 13.1 Å². The molecular formula is C25H36BClN4O3. The highest BCUT2D eigenvalue weighted by Crippen LogP contribution is 2.38. The van der Waals surface area contributed by atoms with E-state index < -0.39 is 18.3 Å². The lowest BCUT2D eigenvalue weighted by Crippen LogP contribution is -2.54. The number of carbonyl (C=O) groups is 1. The molecule has 2 saturated heterocycles. The van der Waals surface area contributed by atoms with Crippen molar-refractivity contribution >= 4 is 37.2 Å². The molecule has 9 heteroatoms. The second-order valence-corrected chi connectivity index (χ2v) is 10.8. The molecule has 3 rings (SSSR count). The van der Waals surface area contributed by atoms with E-state index in [1.54, 1.807) is 12.3 Å². The number of hydrogen-bond donors (Lipinski definition) is 1. The molecule has 0 bridgehead atoms. The number of amides is 1. The average molecular weight is 487 g/mol. The third-order valence-corrected chi connectivity index (χ3v) is 7.56. The summed E-state index contributed by atoms with van der Waals surface area (Å²) in [6.07, 6.45) is 3.26. The maximum absolute atomic E-state index is 12.9. The van der Waals surface area contributed by atoms with Gasteiger partial charge < -0.3 is 19.5 Å². The van der Waals surface area contributed by atoms with Gasteiger partial charge in [0.25, 0.3) is 5.91 Å². The van der Waals surface area contributed by atoms with Crippen LogP contribution in [0.3, 0.4) is 0 Å². The number of benzene rings is 1. The molecule has 0 saturated carbocycles. The van der Waals surface area contributed by atoms with Crippen molar-refractivity contribution in [3.05, 3.63) is 46.1 Å². The van der Waals surface area contributed by atoms with Crippen molar-refractivity contribution in [3.8, 4) is 0 Å². The quantitative estimate of drug-likeness (QED) is 0.368. The lowest BCUT2D eigenvalue weighted by Gasteiger charge is -2.40. The van der Waals surface area contributed by atoms with Crippen molar-refractivity contribution in [3.63, 3.8) is 0 Å². The van der Waals surface area contributed by atoms with Gasteiger partial charge in [0.1, 0.15) is 5.84 Å². The van der Waals surface area contributed by atoms with E-state index in [0.29, 0.717) is 16.2 Å². The van der Waals surface area contributed by atoms with Crippen LogP contribution in [0.15, 0.2) is 40.0 Å². The number of rotatable bonds is 5. The van der Waals surface area contributed by atoms with Gasteiger partial charge in [-0.2, -0.15) is 0 Å². The summed E-state index contributed by atoms with van der Waals surface area (Å²) in [5, 5.41) is 3.68. The Labute approximate surface area is 208 Å². The largest absolute Gasteiger partial charge is 0.516 e. The van der Waals surface area contributed by atoms with Gasteiger partial charge in [-0.1, -0.05) is 23.7 Å². The minimum absolute atomic E-state index is 0.128. The van der Waals surface area contributed by atoms with E-state index in [9.17, 15) is 4.79 Å². The summed E-state index contributed by atoms with van der Waals surface area (Å²) >= 11 is 6.28. The molecule has 0 aliphatic carbocycles. The molecule has 0 spiro atoms. The third-order valence-electron chi connectivity index (χ3n) is 7.25. The predicted octanol–water partition coefficient (Wildman–Crippen LogP) is 4.82. The van der Waals surface area contributed by atoms with Crippen LogP contribution in [-0.4, -0.2) is 60.3 Å². The van der Waals surface area contributed by atoms with Crippen LogP contribution in [0.4, 0.5) is 0 Å².